The molecule has 2 aromatic rings. The van der Waals surface area contributed by atoms with Crippen molar-refractivity contribution in [3.63, 3.8) is 0 Å². The fourth-order valence-electron chi connectivity index (χ4n) is 3.29. The molecule has 1 aromatic carbocycles. The zero-order chi connectivity index (χ0) is 17.1. The van der Waals surface area contributed by atoms with E-state index in [-0.39, 0.29) is 5.91 Å². The monoisotopic (exact) mass is 339 g/mol. The van der Waals surface area contributed by atoms with E-state index in [1.165, 1.54) is 5.56 Å². The number of ether oxygens (including phenoxy) is 2. The van der Waals surface area contributed by atoms with E-state index >= 15 is 0 Å². The van der Waals surface area contributed by atoms with Crippen LogP contribution in [0, 0.1) is 0 Å². The average Bonchev–Trinajstić information content (AvgIpc) is 2.68. The molecule has 4 rings (SSSR count). The lowest BCUT2D eigenvalue weighted by Gasteiger charge is -2.36. The smallest absolute Gasteiger partial charge is 0.257 e. The van der Waals surface area contributed by atoms with Gasteiger partial charge in [-0.2, -0.15) is 0 Å². The highest BCUT2D eigenvalue weighted by molar-refractivity contribution is 5.98. The zero-order valence-electron chi connectivity index (χ0n) is 14.0. The maximum atomic E-state index is 13.0. The van der Waals surface area contributed by atoms with Crippen LogP contribution in [-0.2, 0) is 16.1 Å². The molecule has 3 heterocycles. The molecule has 1 amide bonds. The number of hydrogen-bond donors (Lipinski definition) is 0. The summed E-state index contributed by atoms with van der Waals surface area (Å²) in [7, 11) is 0. The SMILES string of the molecule is O=C([C@H]1CN(Cc2ccccc2)CCO1)N1CCOc2ncccc21. The van der Waals surface area contributed by atoms with Crippen molar-refractivity contribution in [1.82, 2.24) is 9.88 Å². The molecule has 6 nitrogen and oxygen atoms in total. The largest absolute Gasteiger partial charge is 0.474 e. The molecule has 0 unspecified atom stereocenters. The van der Waals surface area contributed by atoms with Gasteiger partial charge in [-0.1, -0.05) is 30.3 Å². The van der Waals surface area contributed by atoms with Gasteiger partial charge in [-0.15, -0.1) is 0 Å². The van der Waals surface area contributed by atoms with E-state index in [0.717, 1.165) is 18.8 Å². The Balaban J connectivity index is 1.46. The minimum absolute atomic E-state index is 0.0182. The van der Waals surface area contributed by atoms with E-state index in [4.69, 9.17) is 9.47 Å². The lowest BCUT2D eigenvalue weighted by atomic mass is 10.1. The van der Waals surface area contributed by atoms with Gasteiger partial charge in [-0.25, -0.2) is 4.98 Å². The second kappa shape index (κ2) is 7.21. The zero-order valence-corrected chi connectivity index (χ0v) is 14.0. The lowest BCUT2D eigenvalue weighted by Crippen LogP contribution is -2.52. The van der Waals surface area contributed by atoms with Crippen molar-refractivity contribution in [3.8, 4) is 5.88 Å². The molecule has 0 bridgehead atoms. The van der Waals surface area contributed by atoms with Gasteiger partial charge >= 0.3 is 0 Å². The molecule has 0 aliphatic carbocycles. The van der Waals surface area contributed by atoms with Crippen LogP contribution in [0.4, 0.5) is 5.69 Å². The van der Waals surface area contributed by atoms with Crippen LogP contribution in [0.1, 0.15) is 5.56 Å². The van der Waals surface area contributed by atoms with Crippen LogP contribution in [0.25, 0.3) is 0 Å². The molecular formula is C19H21N3O3. The van der Waals surface area contributed by atoms with Crippen molar-refractivity contribution in [2.24, 2.45) is 0 Å². The van der Waals surface area contributed by atoms with Crippen LogP contribution in [0.2, 0.25) is 0 Å². The maximum absolute atomic E-state index is 13.0. The van der Waals surface area contributed by atoms with Gasteiger partial charge in [0.2, 0.25) is 5.88 Å². The fourth-order valence-corrected chi connectivity index (χ4v) is 3.29. The number of morpholine rings is 1. The van der Waals surface area contributed by atoms with Crippen molar-refractivity contribution < 1.29 is 14.3 Å². The molecular weight excluding hydrogens is 318 g/mol. The molecule has 2 aliphatic rings. The summed E-state index contributed by atoms with van der Waals surface area (Å²) in [6.45, 7) is 3.80. The van der Waals surface area contributed by atoms with E-state index in [1.807, 2.05) is 30.3 Å². The summed E-state index contributed by atoms with van der Waals surface area (Å²) in [5.74, 6) is 0.495. The van der Waals surface area contributed by atoms with E-state index in [2.05, 4.69) is 22.0 Å². The first-order chi connectivity index (χ1) is 12.3. The van der Waals surface area contributed by atoms with Gasteiger partial charge in [0.25, 0.3) is 5.91 Å². The number of amides is 1. The molecule has 1 atom stereocenters. The summed E-state index contributed by atoms with van der Waals surface area (Å²) < 4.78 is 11.3. The third-order valence-electron chi connectivity index (χ3n) is 4.54. The summed E-state index contributed by atoms with van der Waals surface area (Å²) in [5.41, 5.74) is 1.97. The van der Waals surface area contributed by atoms with E-state index in [1.54, 1.807) is 11.1 Å². The van der Waals surface area contributed by atoms with Gasteiger partial charge in [0.05, 0.1) is 13.2 Å². The first-order valence-electron chi connectivity index (χ1n) is 8.58. The van der Waals surface area contributed by atoms with Gasteiger partial charge in [0.1, 0.15) is 18.4 Å². The van der Waals surface area contributed by atoms with Crippen LogP contribution in [0.3, 0.4) is 0 Å². The van der Waals surface area contributed by atoms with Crippen molar-refractivity contribution >= 4 is 11.6 Å². The number of nitrogens with zero attached hydrogens (tertiary/aromatic N) is 3. The Morgan fingerprint density at radius 2 is 2.00 bits per heavy atom. The highest BCUT2D eigenvalue weighted by Gasteiger charge is 2.33. The van der Waals surface area contributed by atoms with E-state index < -0.39 is 6.10 Å². The number of aromatic nitrogens is 1. The third kappa shape index (κ3) is 3.50. The topological polar surface area (TPSA) is 54.9 Å². The van der Waals surface area contributed by atoms with Crippen LogP contribution in [0.5, 0.6) is 5.88 Å². The molecule has 25 heavy (non-hydrogen) atoms. The van der Waals surface area contributed by atoms with Gasteiger partial charge in [0, 0.05) is 25.8 Å². The highest BCUT2D eigenvalue weighted by Crippen LogP contribution is 2.29. The Kier molecular flexibility index (Phi) is 4.63. The number of rotatable bonds is 3. The van der Waals surface area contributed by atoms with Crippen LogP contribution in [-0.4, -0.2) is 54.7 Å². The van der Waals surface area contributed by atoms with Gasteiger partial charge in [0.15, 0.2) is 0 Å². The number of fused-ring (bicyclic) bond motifs is 1. The molecule has 1 fully saturated rings. The van der Waals surface area contributed by atoms with Crippen LogP contribution < -0.4 is 9.64 Å². The van der Waals surface area contributed by atoms with Crippen LogP contribution in [0.15, 0.2) is 48.7 Å². The first kappa shape index (κ1) is 16.1. The van der Waals surface area contributed by atoms with Crippen molar-refractivity contribution in [2.45, 2.75) is 12.6 Å². The number of benzene rings is 1. The molecule has 2 aliphatic heterocycles. The Morgan fingerprint density at radius 3 is 2.88 bits per heavy atom. The van der Waals surface area contributed by atoms with Gasteiger partial charge < -0.3 is 14.4 Å². The van der Waals surface area contributed by atoms with Crippen molar-refractivity contribution in [1.29, 1.82) is 0 Å². The molecule has 0 spiro atoms. The van der Waals surface area contributed by atoms with Crippen molar-refractivity contribution in [3.05, 3.63) is 54.2 Å². The third-order valence-corrected chi connectivity index (χ3v) is 4.54. The number of hydrogen-bond acceptors (Lipinski definition) is 5. The van der Waals surface area contributed by atoms with E-state index in [0.29, 0.717) is 32.2 Å². The van der Waals surface area contributed by atoms with Gasteiger partial charge in [-0.05, 0) is 17.7 Å². The molecule has 1 saturated heterocycles. The second-order valence-corrected chi connectivity index (χ2v) is 6.25. The molecule has 0 N–H and O–H groups in total. The minimum Gasteiger partial charge on any atom is -0.474 e. The molecule has 130 valence electrons. The van der Waals surface area contributed by atoms with Crippen LogP contribution >= 0.6 is 0 Å². The Morgan fingerprint density at radius 1 is 1.12 bits per heavy atom. The Hall–Kier alpha value is -2.44. The molecule has 0 saturated carbocycles. The maximum Gasteiger partial charge on any atom is 0.257 e. The number of anilines is 1. The second-order valence-electron chi connectivity index (χ2n) is 6.25. The first-order valence-corrected chi connectivity index (χ1v) is 8.58. The number of carbonyl (C=O) groups excluding carboxylic acids is 1. The summed E-state index contributed by atoms with van der Waals surface area (Å²) in [6, 6.07) is 14.0. The highest BCUT2D eigenvalue weighted by atomic mass is 16.5. The fraction of sp³-hybridized carbons (Fsp3) is 0.368. The molecule has 0 radical (unpaired) electrons. The Labute approximate surface area is 147 Å². The van der Waals surface area contributed by atoms with E-state index in [9.17, 15) is 4.79 Å². The standard InChI is InChI=1S/C19H21N3O3/c23-19(22-10-12-25-18-16(22)7-4-8-20-18)17-14-21(9-11-24-17)13-15-5-2-1-3-6-15/h1-8,17H,9-14H2/t17-/m1/s1. The minimum atomic E-state index is -0.455. The summed E-state index contributed by atoms with van der Waals surface area (Å²) in [4.78, 5) is 21.2. The number of pyridine rings is 1. The lowest BCUT2D eigenvalue weighted by molar-refractivity contribution is -0.136. The average molecular weight is 339 g/mol. The summed E-state index contributed by atoms with van der Waals surface area (Å²) >= 11 is 0. The quantitative estimate of drug-likeness (QED) is 0.852. The molecule has 1 aromatic heterocycles. The number of carbonyl (C=O) groups is 1. The predicted octanol–water partition coefficient (Wildman–Crippen LogP) is 1.71. The van der Waals surface area contributed by atoms with Gasteiger partial charge in [-0.3, -0.25) is 9.69 Å². The normalized spacial score (nSPS) is 20.6. The molecule has 6 heteroatoms. The predicted molar refractivity (Wildman–Crippen MR) is 93.5 cm³/mol. The van der Waals surface area contributed by atoms with Crippen molar-refractivity contribution in [2.75, 3.05) is 37.7 Å². The Bertz CT molecular complexity index is 738. The summed E-state index contributed by atoms with van der Waals surface area (Å²) in [5, 5.41) is 0. The summed E-state index contributed by atoms with van der Waals surface area (Å²) in [6.07, 6.45) is 1.22.